The lowest BCUT2D eigenvalue weighted by Crippen LogP contribution is -2.34. The zero-order chi connectivity index (χ0) is 23.4. The topological polar surface area (TPSA) is 107 Å². The summed E-state index contributed by atoms with van der Waals surface area (Å²) in [6.07, 6.45) is 1.73. The first-order valence-corrected chi connectivity index (χ1v) is 10.3. The molecule has 0 aliphatic heterocycles. The summed E-state index contributed by atoms with van der Waals surface area (Å²) in [7, 11) is 1.60. The molecule has 0 aliphatic rings. The molecule has 4 rings (SSSR count). The SMILES string of the molecule is CN(N=Cc1ccc(-c2cccc(Cl)c2)o1)c1cc(=O)n(-c2ccc(CC#N)cc2)c(=O)[nH]1. The summed E-state index contributed by atoms with van der Waals surface area (Å²) in [5.41, 5.74) is 0.931. The molecule has 0 saturated carbocycles. The number of hydrazone groups is 1. The number of nitriles is 1. The Morgan fingerprint density at radius 1 is 1.15 bits per heavy atom. The predicted octanol–water partition coefficient (Wildman–Crippen LogP) is 3.98. The Bertz CT molecular complexity index is 1440. The number of halogens is 1. The molecular formula is C24H18ClN5O3. The lowest BCUT2D eigenvalue weighted by atomic mass is 10.1. The van der Waals surface area contributed by atoms with Crippen molar-refractivity contribution in [1.82, 2.24) is 9.55 Å². The Kier molecular flexibility index (Phi) is 6.24. The maximum atomic E-state index is 12.6. The summed E-state index contributed by atoms with van der Waals surface area (Å²) in [5.74, 6) is 1.35. The molecule has 0 radical (unpaired) electrons. The van der Waals surface area contributed by atoms with Gasteiger partial charge < -0.3 is 4.42 Å². The van der Waals surface area contributed by atoms with Crippen LogP contribution in [0.1, 0.15) is 11.3 Å². The summed E-state index contributed by atoms with van der Waals surface area (Å²) in [5, 5.41) is 15.0. The molecule has 33 heavy (non-hydrogen) atoms. The van der Waals surface area contributed by atoms with Gasteiger partial charge in [-0.15, -0.1) is 0 Å². The first-order valence-electron chi connectivity index (χ1n) is 9.91. The van der Waals surface area contributed by atoms with E-state index < -0.39 is 11.2 Å². The van der Waals surface area contributed by atoms with Crippen molar-refractivity contribution in [2.24, 2.45) is 5.10 Å². The van der Waals surface area contributed by atoms with Crippen LogP contribution in [-0.4, -0.2) is 22.8 Å². The van der Waals surface area contributed by atoms with Gasteiger partial charge in [-0.05, 0) is 42.0 Å². The van der Waals surface area contributed by atoms with Gasteiger partial charge in [-0.3, -0.25) is 14.8 Å². The van der Waals surface area contributed by atoms with Crippen LogP contribution >= 0.6 is 11.6 Å². The van der Waals surface area contributed by atoms with Crippen molar-refractivity contribution in [1.29, 1.82) is 5.26 Å². The number of H-pyrrole nitrogens is 1. The van der Waals surface area contributed by atoms with E-state index in [0.29, 0.717) is 22.2 Å². The number of aromatic nitrogens is 2. The van der Waals surface area contributed by atoms with Crippen molar-refractivity contribution >= 4 is 23.6 Å². The summed E-state index contributed by atoms with van der Waals surface area (Å²) >= 11 is 6.02. The highest BCUT2D eigenvalue weighted by Crippen LogP contribution is 2.24. The number of benzene rings is 2. The monoisotopic (exact) mass is 459 g/mol. The van der Waals surface area contributed by atoms with Crippen molar-refractivity contribution in [3.05, 3.63) is 104 Å². The summed E-state index contributed by atoms with van der Waals surface area (Å²) < 4.78 is 6.78. The largest absolute Gasteiger partial charge is 0.455 e. The van der Waals surface area contributed by atoms with Crippen molar-refractivity contribution in [2.45, 2.75) is 6.42 Å². The van der Waals surface area contributed by atoms with E-state index in [2.05, 4.69) is 16.2 Å². The van der Waals surface area contributed by atoms with Crippen molar-refractivity contribution in [3.8, 4) is 23.1 Å². The van der Waals surface area contributed by atoms with E-state index in [-0.39, 0.29) is 12.2 Å². The molecule has 0 aliphatic carbocycles. The number of nitrogens with one attached hydrogen (secondary N) is 1. The molecule has 0 saturated heterocycles. The molecular weight excluding hydrogens is 442 g/mol. The minimum absolute atomic E-state index is 0.222. The zero-order valence-electron chi connectivity index (χ0n) is 17.5. The number of hydrogen-bond donors (Lipinski definition) is 1. The first kappa shape index (κ1) is 21.9. The average molecular weight is 460 g/mol. The second-order valence-corrected chi connectivity index (χ2v) is 7.55. The van der Waals surface area contributed by atoms with Crippen LogP contribution in [0.2, 0.25) is 5.02 Å². The molecule has 164 valence electrons. The number of nitrogens with zero attached hydrogens (tertiary/aromatic N) is 4. The fourth-order valence-electron chi connectivity index (χ4n) is 3.18. The summed E-state index contributed by atoms with van der Waals surface area (Å²) in [4.78, 5) is 27.9. The van der Waals surface area contributed by atoms with Crippen molar-refractivity contribution in [2.75, 3.05) is 12.1 Å². The number of anilines is 1. The Morgan fingerprint density at radius 2 is 1.94 bits per heavy atom. The van der Waals surface area contributed by atoms with Gasteiger partial charge in [0.05, 0.1) is 24.4 Å². The molecule has 0 unspecified atom stereocenters. The molecule has 8 nitrogen and oxygen atoms in total. The summed E-state index contributed by atoms with van der Waals surface area (Å²) in [6.45, 7) is 0. The first-order chi connectivity index (χ1) is 15.9. The van der Waals surface area contributed by atoms with Gasteiger partial charge in [0.25, 0.3) is 5.56 Å². The normalized spacial score (nSPS) is 10.9. The van der Waals surface area contributed by atoms with Gasteiger partial charge in [0, 0.05) is 23.7 Å². The number of rotatable bonds is 6. The van der Waals surface area contributed by atoms with E-state index in [0.717, 1.165) is 15.7 Å². The minimum Gasteiger partial charge on any atom is -0.455 e. The standard InChI is InChI=1S/C24H18ClN5O3/c1-29(27-15-20-9-10-21(33-20)17-3-2-4-18(25)13-17)22-14-23(31)30(24(32)28-22)19-7-5-16(6-8-19)11-12-26/h2-10,13-15H,11H2,1H3,(H,28,32). The van der Waals surface area contributed by atoms with Crippen molar-refractivity contribution < 1.29 is 4.42 Å². The third-order valence-corrected chi connectivity index (χ3v) is 5.07. The Morgan fingerprint density at radius 3 is 2.64 bits per heavy atom. The highest BCUT2D eigenvalue weighted by Gasteiger charge is 2.10. The maximum Gasteiger partial charge on any atom is 0.334 e. The number of aromatic amines is 1. The fraction of sp³-hybridized carbons (Fsp3) is 0.0833. The second-order valence-electron chi connectivity index (χ2n) is 7.12. The number of hydrogen-bond acceptors (Lipinski definition) is 6. The molecule has 9 heteroatoms. The Labute approximate surface area is 193 Å². The molecule has 0 bridgehead atoms. The van der Waals surface area contributed by atoms with Crippen LogP contribution in [-0.2, 0) is 6.42 Å². The van der Waals surface area contributed by atoms with Gasteiger partial charge in [-0.2, -0.15) is 10.4 Å². The second kappa shape index (κ2) is 9.42. The highest BCUT2D eigenvalue weighted by molar-refractivity contribution is 6.30. The van der Waals surface area contributed by atoms with E-state index in [1.807, 2.05) is 12.1 Å². The Hall–Kier alpha value is -4.35. The molecule has 2 heterocycles. The third-order valence-electron chi connectivity index (χ3n) is 4.84. The fourth-order valence-corrected chi connectivity index (χ4v) is 3.37. The molecule has 0 fully saturated rings. The van der Waals surface area contributed by atoms with Crippen LogP contribution in [0.15, 0.2) is 85.8 Å². The van der Waals surface area contributed by atoms with E-state index in [1.54, 1.807) is 55.6 Å². The molecule has 0 amide bonds. The van der Waals surface area contributed by atoms with Crippen LogP contribution < -0.4 is 16.3 Å². The van der Waals surface area contributed by atoms with Gasteiger partial charge in [0.1, 0.15) is 17.3 Å². The summed E-state index contributed by atoms with van der Waals surface area (Å²) in [6, 6.07) is 20.8. The van der Waals surface area contributed by atoms with Crippen molar-refractivity contribution in [3.63, 3.8) is 0 Å². The number of furan rings is 1. The van der Waals surface area contributed by atoms with Crippen LogP contribution in [0.5, 0.6) is 0 Å². The quantitative estimate of drug-likeness (QED) is 0.346. The van der Waals surface area contributed by atoms with Gasteiger partial charge >= 0.3 is 5.69 Å². The van der Waals surface area contributed by atoms with E-state index in [1.165, 1.54) is 17.3 Å². The van der Waals surface area contributed by atoms with Gasteiger partial charge in [-0.1, -0.05) is 35.9 Å². The lowest BCUT2D eigenvalue weighted by molar-refractivity contribution is 0.574. The molecule has 2 aromatic carbocycles. The van der Waals surface area contributed by atoms with E-state index >= 15 is 0 Å². The smallest absolute Gasteiger partial charge is 0.334 e. The molecule has 0 spiro atoms. The van der Waals surface area contributed by atoms with E-state index in [9.17, 15) is 9.59 Å². The average Bonchev–Trinajstić information content (AvgIpc) is 3.27. The van der Waals surface area contributed by atoms with Gasteiger partial charge in [-0.25, -0.2) is 9.36 Å². The van der Waals surface area contributed by atoms with Crippen LogP contribution in [0.3, 0.4) is 0 Å². The lowest BCUT2D eigenvalue weighted by Gasteiger charge is -2.13. The Balaban J connectivity index is 1.54. The van der Waals surface area contributed by atoms with Crippen LogP contribution in [0, 0.1) is 11.3 Å². The molecule has 0 atom stereocenters. The zero-order valence-corrected chi connectivity index (χ0v) is 18.3. The van der Waals surface area contributed by atoms with E-state index in [4.69, 9.17) is 21.3 Å². The molecule has 4 aromatic rings. The predicted molar refractivity (Wildman–Crippen MR) is 127 cm³/mol. The third kappa shape index (κ3) is 4.95. The van der Waals surface area contributed by atoms with Crippen LogP contribution in [0.25, 0.3) is 17.0 Å². The molecule has 1 N–H and O–H groups in total. The van der Waals surface area contributed by atoms with Gasteiger partial charge in [0.2, 0.25) is 0 Å². The van der Waals surface area contributed by atoms with Crippen LogP contribution in [0.4, 0.5) is 5.82 Å². The molecule has 2 aromatic heterocycles. The van der Waals surface area contributed by atoms with Gasteiger partial charge in [0.15, 0.2) is 0 Å². The highest BCUT2D eigenvalue weighted by atomic mass is 35.5. The minimum atomic E-state index is -0.603. The maximum absolute atomic E-state index is 12.6.